The van der Waals surface area contributed by atoms with E-state index >= 15 is 0 Å². The van der Waals surface area contributed by atoms with Gasteiger partial charge in [-0.3, -0.25) is 9.58 Å². The average Bonchev–Trinajstić information content (AvgIpc) is 3.44. The Morgan fingerprint density at radius 3 is 2.51 bits per heavy atom. The fourth-order valence-corrected chi connectivity index (χ4v) is 7.43. The van der Waals surface area contributed by atoms with Crippen molar-refractivity contribution in [2.24, 2.45) is 7.05 Å². The number of anilines is 3. The van der Waals surface area contributed by atoms with Crippen molar-refractivity contribution in [2.45, 2.75) is 50.7 Å². The summed E-state index contributed by atoms with van der Waals surface area (Å²) in [5, 5.41) is 20.4. The number of pyridine rings is 1. The largest absolute Gasteiger partial charge is 0.354 e. The zero-order valence-electron chi connectivity index (χ0n) is 26.3. The molecule has 14 heteroatoms. The van der Waals surface area contributed by atoms with Crippen LogP contribution < -0.4 is 20.4 Å². The summed E-state index contributed by atoms with van der Waals surface area (Å²) in [5.41, 5.74) is 3.20. The van der Waals surface area contributed by atoms with E-state index in [9.17, 15) is 18.5 Å². The Morgan fingerprint density at radius 1 is 1.00 bits per heavy atom. The van der Waals surface area contributed by atoms with Crippen LogP contribution in [0.1, 0.15) is 43.2 Å². The van der Waals surface area contributed by atoms with Crippen LogP contribution >= 0.6 is 0 Å². The minimum absolute atomic E-state index is 0.0329. The first-order valence-electron chi connectivity index (χ1n) is 15.8. The van der Waals surface area contributed by atoms with Crippen LogP contribution in [-0.4, -0.2) is 75.9 Å². The lowest BCUT2D eigenvalue weighted by atomic mass is 9.90. The molecule has 1 saturated carbocycles. The van der Waals surface area contributed by atoms with E-state index in [1.165, 1.54) is 6.20 Å². The van der Waals surface area contributed by atoms with Crippen molar-refractivity contribution < 1.29 is 13.2 Å². The summed E-state index contributed by atoms with van der Waals surface area (Å²) in [5.74, 6) is 1.61. The molecule has 1 aromatic carbocycles. The van der Waals surface area contributed by atoms with Crippen molar-refractivity contribution in [2.75, 3.05) is 39.7 Å². The molecular formula is C33H38N10O3S. The van der Waals surface area contributed by atoms with Crippen LogP contribution in [0.4, 0.5) is 22.4 Å². The second-order valence-electron chi connectivity index (χ2n) is 12.0. The lowest BCUT2D eigenvalue weighted by Crippen LogP contribution is -2.49. The van der Waals surface area contributed by atoms with Gasteiger partial charge in [-0.25, -0.2) is 23.2 Å². The molecule has 0 bridgehead atoms. The highest BCUT2D eigenvalue weighted by atomic mass is 32.2. The third kappa shape index (κ3) is 7.86. The molecule has 2 aliphatic rings. The molecule has 1 saturated heterocycles. The number of hydrogen-bond donors (Lipinski definition) is 2. The van der Waals surface area contributed by atoms with Gasteiger partial charge in [0.25, 0.3) is 0 Å². The van der Waals surface area contributed by atoms with E-state index in [4.69, 9.17) is 4.98 Å². The van der Waals surface area contributed by atoms with Crippen LogP contribution in [-0.2, 0) is 23.4 Å². The molecule has 2 amide bonds. The normalized spacial score (nSPS) is 19.3. The van der Waals surface area contributed by atoms with E-state index < -0.39 is 9.84 Å². The van der Waals surface area contributed by atoms with E-state index in [1.54, 1.807) is 22.0 Å². The molecule has 1 aliphatic heterocycles. The van der Waals surface area contributed by atoms with Gasteiger partial charge in [0.05, 0.1) is 23.9 Å². The molecule has 0 spiro atoms. The molecule has 1 aliphatic carbocycles. The molecule has 0 radical (unpaired) electrons. The first-order chi connectivity index (χ1) is 22.8. The van der Waals surface area contributed by atoms with Gasteiger partial charge < -0.3 is 15.5 Å². The quantitative estimate of drug-likeness (QED) is 0.285. The molecule has 4 aromatic rings. The predicted octanol–water partition coefficient (Wildman–Crippen LogP) is 3.91. The Morgan fingerprint density at radius 2 is 1.81 bits per heavy atom. The van der Waals surface area contributed by atoms with Gasteiger partial charge in [0, 0.05) is 62.3 Å². The van der Waals surface area contributed by atoms with E-state index in [1.807, 2.05) is 60.6 Å². The lowest BCUT2D eigenvalue weighted by Gasteiger charge is -2.36. The van der Waals surface area contributed by atoms with Crippen LogP contribution in [0.15, 0.2) is 67.3 Å². The summed E-state index contributed by atoms with van der Waals surface area (Å²) in [6, 6.07) is 15.6. The number of nitrogens with zero attached hydrogens (tertiary/aromatic N) is 8. The molecule has 2 fully saturated rings. The van der Waals surface area contributed by atoms with Gasteiger partial charge in [0.2, 0.25) is 5.95 Å². The summed E-state index contributed by atoms with van der Waals surface area (Å²) in [6.45, 7) is 1.20. The molecule has 244 valence electrons. The number of carbonyl (C=O) groups is 1. The minimum atomic E-state index is -3.11. The summed E-state index contributed by atoms with van der Waals surface area (Å²) >= 11 is 0. The van der Waals surface area contributed by atoms with Gasteiger partial charge in [-0.05, 0) is 49.8 Å². The van der Waals surface area contributed by atoms with Crippen molar-refractivity contribution in [3.63, 3.8) is 0 Å². The Hall–Kier alpha value is -5.03. The first-order valence-corrected chi connectivity index (χ1v) is 17.7. The van der Waals surface area contributed by atoms with Gasteiger partial charge in [-0.15, -0.1) is 0 Å². The predicted molar refractivity (Wildman–Crippen MR) is 179 cm³/mol. The van der Waals surface area contributed by atoms with Gasteiger partial charge in [-0.2, -0.15) is 15.3 Å². The molecule has 0 unspecified atom stereocenters. The first kappa shape index (κ1) is 31.9. The molecular weight excluding hydrogens is 616 g/mol. The molecule has 0 atom stereocenters. The minimum Gasteiger partial charge on any atom is -0.354 e. The maximum Gasteiger partial charge on any atom is 0.323 e. The number of aromatic nitrogens is 5. The van der Waals surface area contributed by atoms with Crippen LogP contribution in [0.25, 0.3) is 11.1 Å². The van der Waals surface area contributed by atoms with Gasteiger partial charge in [0.1, 0.15) is 17.5 Å². The van der Waals surface area contributed by atoms with E-state index in [0.29, 0.717) is 42.7 Å². The van der Waals surface area contributed by atoms with Crippen LogP contribution in [0.5, 0.6) is 0 Å². The van der Waals surface area contributed by atoms with Crippen molar-refractivity contribution in [3.05, 3.63) is 78.4 Å². The standard InChI is InChI=1S/C33H38N10O3S/c1-41-23-27(22-38-41)25-8-13-30(35-20-25)43(33(44)37-19-24-6-3-2-4-7-24)29-11-9-28(10-12-29)39-32-36-21-26(18-34)31(40-32)42-14-5-16-47(45,46)17-15-42/h2-4,6-8,13,20-23,28-29H,5,9-12,14-17,19H2,1H3,(H,37,44)(H,36,39,40)/t28-,29-. The van der Waals surface area contributed by atoms with E-state index in [0.717, 1.165) is 42.4 Å². The number of carbonyl (C=O) groups excluding carboxylic acids is 1. The van der Waals surface area contributed by atoms with Gasteiger partial charge in [-0.1, -0.05) is 30.3 Å². The summed E-state index contributed by atoms with van der Waals surface area (Å²) in [7, 11) is -1.24. The number of hydrogen-bond acceptors (Lipinski definition) is 10. The fraction of sp³-hybridized carbons (Fsp3) is 0.394. The molecule has 3 aromatic heterocycles. The second kappa shape index (κ2) is 14.2. The summed E-state index contributed by atoms with van der Waals surface area (Å²) in [6.07, 6.45) is 10.5. The van der Waals surface area contributed by atoms with Crippen molar-refractivity contribution in [1.29, 1.82) is 5.26 Å². The lowest BCUT2D eigenvalue weighted by molar-refractivity contribution is 0.240. The van der Waals surface area contributed by atoms with Crippen molar-refractivity contribution in [1.82, 2.24) is 30.0 Å². The van der Waals surface area contributed by atoms with E-state index in [-0.39, 0.29) is 36.2 Å². The van der Waals surface area contributed by atoms with Crippen LogP contribution in [0.2, 0.25) is 0 Å². The van der Waals surface area contributed by atoms with Crippen LogP contribution in [0, 0.1) is 11.3 Å². The SMILES string of the molecule is Cn1cc(-c2ccc(N(C(=O)NCc3ccccc3)[C@H]3CC[C@H](Nc4ncc(C#N)c(N5CCCS(=O)(=O)CC5)n4)CC3)nc2)cn1. The maximum atomic E-state index is 13.7. The van der Waals surface area contributed by atoms with Crippen LogP contribution in [0.3, 0.4) is 0 Å². The third-order valence-corrected chi connectivity index (χ3v) is 10.4. The number of nitrogens with one attached hydrogen (secondary N) is 2. The Balaban J connectivity index is 1.15. The highest BCUT2D eigenvalue weighted by molar-refractivity contribution is 7.91. The van der Waals surface area contributed by atoms with Crippen molar-refractivity contribution in [3.8, 4) is 17.2 Å². The number of rotatable bonds is 8. The fourth-order valence-electron chi connectivity index (χ4n) is 6.16. The van der Waals surface area contributed by atoms with Crippen molar-refractivity contribution >= 4 is 33.5 Å². The number of benzene rings is 1. The number of nitriles is 1. The summed E-state index contributed by atoms with van der Waals surface area (Å²) in [4.78, 5) is 31.1. The molecule has 47 heavy (non-hydrogen) atoms. The zero-order valence-corrected chi connectivity index (χ0v) is 27.1. The topological polar surface area (TPSA) is 162 Å². The zero-order chi connectivity index (χ0) is 32.8. The Bertz CT molecular complexity index is 1830. The Kier molecular flexibility index (Phi) is 9.63. The summed E-state index contributed by atoms with van der Waals surface area (Å²) < 4.78 is 26.0. The monoisotopic (exact) mass is 654 g/mol. The smallest absolute Gasteiger partial charge is 0.323 e. The molecule has 13 nitrogen and oxygen atoms in total. The van der Waals surface area contributed by atoms with Gasteiger partial charge in [0.15, 0.2) is 15.7 Å². The number of amides is 2. The van der Waals surface area contributed by atoms with Gasteiger partial charge >= 0.3 is 6.03 Å². The molecule has 4 heterocycles. The maximum absolute atomic E-state index is 13.7. The number of urea groups is 1. The molecule has 2 N–H and O–H groups in total. The highest BCUT2D eigenvalue weighted by Crippen LogP contribution is 2.30. The third-order valence-electron chi connectivity index (χ3n) is 8.68. The average molecular weight is 655 g/mol. The number of sulfone groups is 1. The Labute approximate surface area is 274 Å². The molecule has 6 rings (SSSR count). The second-order valence-corrected chi connectivity index (χ2v) is 14.3. The van der Waals surface area contributed by atoms with E-state index in [2.05, 4.69) is 31.8 Å². The number of aryl methyl sites for hydroxylation is 1. The highest BCUT2D eigenvalue weighted by Gasteiger charge is 2.31.